The van der Waals surface area contributed by atoms with Crippen LogP contribution in [0, 0.1) is 11.7 Å². The summed E-state index contributed by atoms with van der Waals surface area (Å²) in [6.07, 6.45) is 0. The van der Waals surface area contributed by atoms with E-state index in [1.165, 1.54) is 23.3 Å². The first kappa shape index (κ1) is 11.8. The van der Waals surface area contributed by atoms with Gasteiger partial charge in [0.1, 0.15) is 5.82 Å². The van der Waals surface area contributed by atoms with Crippen molar-refractivity contribution in [1.82, 2.24) is 0 Å². The Kier molecular flexibility index (Phi) is 3.58. The smallest absolute Gasteiger partial charge is 0.123 e. The van der Waals surface area contributed by atoms with E-state index in [0.29, 0.717) is 11.8 Å². The van der Waals surface area contributed by atoms with Gasteiger partial charge in [-0.1, -0.05) is 56.3 Å². The summed E-state index contributed by atoms with van der Waals surface area (Å²) in [7, 11) is 0. The molecule has 0 aliphatic rings. The van der Waals surface area contributed by atoms with Crippen molar-refractivity contribution in [2.24, 2.45) is 5.92 Å². The third kappa shape index (κ3) is 2.73. The summed E-state index contributed by atoms with van der Waals surface area (Å²) in [5.41, 5.74) is 2.46. The Balaban J connectivity index is 2.39. The molecule has 0 heterocycles. The van der Waals surface area contributed by atoms with Crippen LogP contribution in [-0.2, 0) is 0 Å². The molecule has 1 atom stereocenters. The fourth-order valence-corrected chi connectivity index (χ4v) is 2.29. The van der Waals surface area contributed by atoms with Crippen molar-refractivity contribution in [2.75, 3.05) is 0 Å². The highest BCUT2D eigenvalue weighted by atomic mass is 19.1. The summed E-state index contributed by atoms with van der Waals surface area (Å²) in [5, 5.41) is 0. The fourth-order valence-electron chi connectivity index (χ4n) is 2.29. The van der Waals surface area contributed by atoms with E-state index < -0.39 is 0 Å². The highest BCUT2D eigenvalue weighted by Gasteiger charge is 2.17. The van der Waals surface area contributed by atoms with Gasteiger partial charge in [0.15, 0.2) is 0 Å². The molecule has 0 aromatic heterocycles. The largest absolute Gasteiger partial charge is 0.207 e. The summed E-state index contributed by atoms with van der Waals surface area (Å²) in [5.74, 6) is 0.643. The monoisotopic (exact) mass is 228 g/mol. The van der Waals surface area contributed by atoms with Gasteiger partial charge in [0.2, 0.25) is 0 Å². The van der Waals surface area contributed by atoms with Gasteiger partial charge in [-0.05, 0) is 29.2 Å². The lowest BCUT2D eigenvalue weighted by molar-refractivity contribution is 0.561. The third-order valence-corrected chi connectivity index (χ3v) is 3.05. The van der Waals surface area contributed by atoms with Gasteiger partial charge in [-0.3, -0.25) is 0 Å². The molecule has 0 spiro atoms. The van der Waals surface area contributed by atoms with E-state index in [4.69, 9.17) is 0 Å². The maximum Gasteiger partial charge on any atom is 0.123 e. The van der Waals surface area contributed by atoms with Crippen LogP contribution in [0.3, 0.4) is 0 Å². The normalized spacial score (nSPS) is 12.7. The summed E-state index contributed by atoms with van der Waals surface area (Å²) in [6, 6.07) is 17.2. The zero-order chi connectivity index (χ0) is 12.3. The van der Waals surface area contributed by atoms with Crippen molar-refractivity contribution in [3.63, 3.8) is 0 Å². The summed E-state index contributed by atoms with van der Waals surface area (Å²) < 4.78 is 13.0. The Morgan fingerprint density at radius 3 is 1.82 bits per heavy atom. The predicted molar refractivity (Wildman–Crippen MR) is 69.5 cm³/mol. The molecule has 0 saturated carbocycles. The van der Waals surface area contributed by atoms with Gasteiger partial charge in [0.05, 0.1) is 0 Å². The zero-order valence-corrected chi connectivity index (χ0v) is 10.2. The van der Waals surface area contributed by atoms with Gasteiger partial charge in [0.25, 0.3) is 0 Å². The molecule has 0 saturated heterocycles. The molecule has 0 fully saturated rings. The Bertz CT molecular complexity index is 457. The second-order valence-corrected chi connectivity index (χ2v) is 4.68. The topological polar surface area (TPSA) is 0 Å². The van der Waals surface area contributed by atoms with Gasteiger partial charge in [-0.2, -0.15) is 0 Å². The fraction of sp³-hybridized carbons (Fsp3) is 0.250. The van der Waals surface area contributed by atoms with E-state index in [1.54, 1.807) is 0 Å². The number of benzene rings is 2. The molecule has 0 nitrogen and oxygen atoms in total. The van der Waals surface area contributed by atoms with E-state index in [-0.39, 0.29) is 5.82 Å². The molecule has 88 valence electrons. The first-order valence-electron chi connectivity index (χ1n) is 5.99. The van der Waals surface area contributed by atoms with Crippen molar-refractivity contribution < 1.29 is 4.39 Å². The molecule has 0 bridgehead atoms. The Morgan fingerprint density at radius 1 is 0.765 bits per heavy atom. The second kappa shape index (κ2) is 5.13. The molecule has 0 aliphatic heterocycles. The van der Waals surface area contributed by atoms with Gasteiger partial charge in [-0.15, -0.1) is 0 Å². The standard InChI is InChI=1S/C16H17F/c1-12(2)16(13-6-4-3-5-7-13)14-8-10-15(17)11-9-14/h3-12,16H,1-2H3. The van der Waals surface area contributed by atoms with Crippen LogP contribution in [0.15, 0.2) is 54.6 Å². The van der Waals surface area contributed by atoms with E-state index in [9.17, 15) is 4.39 Å². The van der Waals surface area contributed by atoms with Crippen LogP contribution in [0.5, 0.6) is 0 Å². The maximum atomic E-state index is 13.0. The molecule has 2 aromatic rings. The first-order chi connectivity index (χ1) is 8.18. The van der Waals surface area contributed by atoms with Crippen LogP contribution in [0.1, 0.15) is 30.9 Å². The van der Waals surface area contributed by atoms with Gasteiger partial charge in [0, 0.05) is 5.92 Å². The molecule has 2 aromatic carbocycles. The average molecular weight is 228 g/mol. The Morgan fingerprint density at radius 2 is 1.29 bits per heavy atom. The molecule has 1 unspecified atom stereocenters. The molecule has 17 heavy (non-hydrogen) atoms. The minimum absolute atomic E-state index is 0.177. The van der Waals surface area contributed by atoms with Crippen LogP contribution < -0.4 is 0 Å². The predicted octanol–water partition coefficient (Wildman–Crippen LogP) is 4.61. The van der Waals surface area contributed by atoms with E-state index in [2.05, 4.69) is 26.0 Å². The van der Waals surface area contributed by atoms with Gasteiger partial charge in [-0.25, -0.2) is 4.39 Å². The lowest BCUT2D eigenvalue weighted by Gasteiger charge is -2.22. The average Bonchev–Trinajstić information content (AvgIpc) is 2.33. The summed E-state index contributed by atoms with van der Waals surface area (Å²) in [4.78, 5) is 0. The summed E-state index contributed by atoms with van der Waals surface area (Å²) >= 11 is 0. The highest BCUT2D eigenvalue weighted by molar-refractivity contribution is 5.33. The third-order valence-electron chi connectivity index (χ3n) is 3.05. The molecule has 1 heteroatoms. The van der Waals surface area contributed by atoms with Crippen molar-refractivity contribution in [2.45, 2.75) is 19.8 Å². The lowest BCUT2D eigenvalue weighted by Crippen LogP contribution is -2.08. The van der Waals surface area contributed by atoms with Gasteiger partial charge >= 0.3 is 0 Å². The van der Waals surface area contributed by atoms with Crippen molar-refractivity contribution in [3.05, 3.63) is 71.5 Å². The molecule has 0 radical (unpaired) electrons. The SMILES string of the molecule is CC(C)C(c1ccccc1)c1ccc(F)cc1. The molecular weight excluding hydrogens is 211 g/mol. The van der Waals surface area contributed by atoms with Gasteiger partial charge < -0.3 is 0 Å². The second-order valence-electron chi connectivity index (χ2n) is 4.68. The van der Waals surface area contributed by atoms with Crippen LogP contribution >= 0.6 is 0 Å². The van der Waals surface area contributed by atoms with E-state index in [1.807, 2.05) is 30.3 Å². The number of hydrogen-bond donors (Lipinski definition) is 0. The van der Waals surface area contributed by atoms with Crippen molar-refractivity contribution >= 4 is 0 Å². The van der Waals surface area contributed by atoms with E-state index in [0.717, 1.165) is 0 Å². The minimum atomic E-state index is -0.177. The van der Waals surface area contributed by atoms with Crippen LogP contribution in [0.25, 0.3) is 0 Å². The Labute approximate surface area is 102 Å². The maximum absolute atomic E-state index is 13.0. The van der Waals surface area contributed by atoms with E-state index >= 15 is 0 Å². The number of halogens is 1. The zero-order valence-electron chi connectivity index (χ0n) is 10.2. The molecule has 0 N–H and O–H groups in total. The van der Waals surface area contributed by atoms with Crippen molar-refractivity contribution in [3.8, 4) is 0 Å². The molecule has 2 rings (SSSR count). The lowest BCUT2D eigenvalue weighted by atomic mass is 9.83. The highest BCUT2D eigenvalue weighted by Crippen LogP contribution is 2.31. The van der Waals surface area contributed by atoms with Crippen LogP contribution in [0.2, 0.25) is 0 Å². The Hall–Kier alpha value is -1.63. The number of hydrogen-bond acceptors (Lipinski definition) is 0. The first-order valence-corrected chi connectivity index (χ1v) is 5.99. The minimum Gasteiger partial charge on any atom is -0.207 e. The quantitative estimate of drug-likeness (QED) is 0.719. The summed E-state index contributed by atoms with van der Waals surface area (Å²) in [6.45, 7) is 4.39. The number of rotatable bonds is 3. The molecule has 0 aliphatic carbocycles. The molecule has 0 amide bonds. The van der Waals surface area contributed by atoms with Crippen LogP contribution in [0.4, 0.5) is 4.39 Å². The molecular formula is C16H17F. The van der Waals surface area contributed by atoms with Crippen molar-refractivity contribution in [1.29, 1.82) is 0 Å². The van der Waals surface area contributed by atoms with Crippen LogP contribution in [-0.4, -0.2) is 0 Å².